The summed E-state index contributed by atoms with van der Waals surface area (Å²) in [5.74, 6) is 0.659. The molecule has 52 valence electrons. The van der Waals surface area contributed by atoms with Gasteiger partial charge in [-0.05, 0) is 6.42 Å². The molecule has 1 fully saturated rings. The van der Waals surface area contributed by atoms with Gasteiger partial charge in [0.25, 0.3) is 0 Å². The molecule has 3 heteroatoms. The second kappa shape index (κ2) is 3.06. The van der Waals surface area contributed by atoms with E-state index in [-0.39, 0.29) is 5.91 Å². The van der Waals surface area contributed by atoms with E-state index in [4.69, 9.17) is 11.6 Å². The van der Waals surface area contributed by atoms with Gasteiger partial charge in [0.2, 0.25) is 5.91 Å². The van der Waals surface area contributed by atoms with E-state index in [1.807, 2.05) is 4.90 Å². The van der Waals surface area contributed by atoms with Crippen molar-refractivity contribution < 1.29 is 4.79 Å². The molecule has 0 spiro atoms. The number of carbonyl (C=O) groups is 1. The Morgan fingerprint density at radius 3 is 2.56 bits per heavy atom. The third kappa shape index (κ3) is 1.58. The third-order valence-electron chi connectivity index (χ3n) is 1.52. The highest BCUT2D eigenvalue weighted by Gasteiger charge is 2.18. The van der Waals surface area contributed by atoms with Gasteiger partial charge in [-0.25, -0.2) is 0 Å². The fraction of sp³-hybridized carbons (Fsp3) is 0.833. The van der Waals surface area contributed by atoms with Crippen molar-refractivity contribution in [2.75, 3.05) is 19.0 Å². The van der Waals surface area contributed by atoms with Gasteiger partial charge in [0.05, 0.1) is 0 Å². The minimum Gasteiger partial charge on any atom is -0.343 e. The van der Waals surface area contributed by atoms with Crippen molar-refractivity contribution in [1.29, 1.82) is 0 Å². The molecule has 0 N–H and O–H groups in total. The number of amides is 1. The Morgan fingerprint density at radius 2 is 2.22 bits per heavy atom. The van der Waals surface area contributed by atoms with E-state index in [1.165, 1.54) is 0 Å². The topological polar surface area (TPSA) is 20.3 Å². The van der Waals surface area contributed by atoms with Crippen molar-refractivity contribution in [2.24, 2.45) is 0 Å². The van der Waals surface area contributed by atoms with Gasteiger partial charge < -0.3 is 4.90 Å². The molecule has 0 saturated carbocycles. The van der Waals surface area contributed by atoms with Crippen molar-refractivity contribution in [2.45, 2.75) is 12.8 Å². The quantitative estimate of drug-likeness (QED) is 0.531. The summed E-state index contributed by atoms with van der Waals surface area (Å²) in [4.78, 5) is 12.7. The average Bonchev–Trinajstić information content (AvgIpc) is 1.60. The van der Waals surface area contributed by atoms with Crippen LogP contribution in [0, 0.1) is 0 Å². The number of alkyl halides is 1. The van der Waals surface area contributed by atoms with Crippen LogP contribution >= 0.6 is 11.6 Å². The number of carbonyl (C=O) groups excluding carboxylic acids is 1. The van der Waals surface area contributed by atoms with Crippen LogP contribution < -0.4 is 0 Å². The molecule has 1 aliphatic rings. The van der Waals surface area contributed by atoms with Gasteiger partial charge in [-0.1, -0.05) is 0 Å². The summed E-state index contributed by atoms with van der Waals surface area (Å²) in [6.45, 7) is 1.88. The molecule has 0 aromatic carbocycles. The Bertz CT molecular complexity index is 112. The molecular formula is C6H10ClNO. The maximum atomic E-state index is 10.9. The smallest absolute Gasteiger partial charge is 0.223 e. The van der Waals surface area contributed by atoms with Gasteiger partial charge in [0, 0.05) is 25.4 Å². The van der Waals surface area contributed by atoms with Gasteiger partial charge in [-0.2, -0.15) is 0 Å². The molecule has 0 unspecified atom stereocenters. The molecule has 1 amide bonds. The first kappa shape index (κ1) is 6.87. The Kier molecular flexibility index (Phi) is 2.34. The van der Waals surface area contributed by atoms with Crippen LogP contribution in [0.25, 0.3) is 0 Å². The predicted octanol–water partition coefficient (Wildman–Crippen LogP) is 0.848. The summed E-state index contributed by atoms with van der Waals surface area (Å²) in [5.41, 5.74) is 0. The molecule has 1 rings (SSSR count). The van der Waals surface area contributed by atoms with Crippen LogP contribution in [0.15, 0.2) is 0 Å². The van der Waals surface area contributed by atoms with Crippen LogP contribution in [0.4, 0.5) is 0 Å². The lowest BCUT2D eigenvalue weighted by Crippen LogP contribution is -2.42. The fourth-order valence-corrected chi connectivity index (χ4v) is 0.966. The lowest BCUT2D eigenvalue weighted by atomic mass is 10.2. The summed E-state index contributed by atoms with van der Waals surface area (Å²) in [6.07, 6.45) is 1.66. The van der Waals surface area contributed by atoms with Gasteiger partial charge in [0.15, 0.2) is 0 Å². The summed E-state index contributed by atoms with van der Waals surface area (Å²) in [6, 6.07) is 0. The van der Waals surface area contributed by atoms with E-state index in [9.17, 15) is 4.79 Å². The number of hydrogen-bond donors (Lipinski definition) is 0. The molecule has 0 aromatic rings. The maximum absolute atomic E-state index is 10.9. The molecule has 0 radical (unpaired) electrons. The van der Waals surface area contributed by atoms with E-state index in [0.29, 0.717) is 12.3 Å². The van der Waals surface area contributed by atoms with Crippen molar-refractivity contribution in [1.82, 2.24) is 4.90 Å². The van der Waals surface area contributed by atoms with Gasteiger partial charge >= 0.3 is 0 Å². The Morgan fingerprint density at radius 1 is 1.56 bits per heavy atom. The number of nitrogens with zero attached hydrogens (tertiary/aromatic N) is 1. The molecule has 1 saturated heterocycles. The average molecular weight is 148 g/mol. The SMILES string of the molecule is O=C(CCCl)N1CCC1. The first-order chi connectivity index (χ1) is 4.34. The zero-order chi connectivity index (χ0) is 6.69. The normalized spacial score (nSPS) is 17.2. The summed E-state index contributed by atoms with van der Waals surface area (Å²) >= 11 is 5.37. The number of halogens is 1. The van der Waals surface area contributed by atoms with Crippen LogP contribution in [0.2, 0.25) is 0 Å². The van der Waals surface area contributed by atoms with Crippen molar-refractivity contribution in [3.63, 3.8) is 0 Å². The minimum absolute atomic E-state index is 0.205. The second-order valence-electron chi connectivity index (χ2n) is 2.17. The first-order valence-electron chi connectivity index (χ1n) is 3.18. The molecule has 0 atom stereocenters. The predicted molar refractivity (Wildman–Crippen MR) is 36.5 cm³/mol. The van der Waals surface area contributed by atoms with Gasteiger partial charge in [-0.15, -0.1) is 11.6 Å². The third-order valence-corrected chi connectivity index (χ3v) is 1.71. The lowest BCUT2D eigenvalue weighted by molar-refractivity contribution is -0.134. The van der Waals surface area contributed by atoms with Crippen LogP contribution in [-0.2, 0) is 4.79 Å². The van der Waals surface area contributed by atoms with Crippen LogP contribution in [0.1, 0.15) is 12.8 Å². The highest BCUT2D eigenvalue weighted by Crippen LogP contribution is 2.07. The molecule has 0 bridgehead atoms. The van der Waals surface area contributed by atoms with Crippen LogP contribution in [0.3, 0.4) is 0 Å². The summed E-state index contributed by atoms with van der Waals surface area (Å²) in [5, 5.41) is 0. The highest BCUT2D eigenvalue weighted by molar-refractivity contribution is 6.18. The molecular weight excluding hydrogens is 138 g/mol. The number of rotatable bonds is 2. The van der Waals surface area contributed by atoms with Crippen molar-refractivity contribution in [3.05, 3.63) is 0 Å². The van der Waals surface area contributed by atoms with E-state index < -0.39 is 0 Å². The Balaban J connectivity index is 2.16. The maximum Gasteiger partial charge on any atom is 0.223 e. The molecule has 0 aliphatic carbocycles. The molecule has 9 heavy (non-hydrogen) atoms. The van der Waals surface area contributed by atoms with Crippen molar-refractivity contribution in [3.8, 4) is 0 Å². The Labute approximate surface area is 59.8 Å². The zero-order valence-corrected chi connectivity index (χ0v) is 6.02. The molecule has 1 heterocycles. The Hall–Kier alpha value is -0.240. The summed E-state index contributed by atoms with van der Waals surface area (Å²) < 4.78 is 0. The number of likely N-dealkylation sites (tertiary alicyclic amines) is 1. The van der Waals surface area contributed by atoms with Crippen molar-refractivity contribution >= 4 is 17.5 Å². The zero-order valence-electron chi connectivity index (χ0n) is 5.27. The van der Waals surface area contributed by atoms with E-state index in [0.717, 1.165) is 19.5 Å². The van der Waals surface area contributed by atoms with Crippen LogP contribution in [-0.4, -0.2) is 29.8 Å². The van der Waals surface area contributed by atoms with Gasteiger partial charge in [-0.3, -0.25) is 4.79 Å². The van der Waals surface area contributed by atoms with E-state index in [2.05, 4.69) is 0 Å². The lowest BCUT2D eigenvalue weighted by Gasteiger charge is -2.30. The van der Waals surface area contributed by atoms with E-state index >= 15 is 0 Å². The monoisotopic (exact) mass is 147 g/mol. The van der Waals surface area contributed by atoms with Gasteiger partial charge in [0.1, 0.15) is 0 Å². The van der Waals surface area contributed by atoms with Crippen LogP contribution in [0.5, 0.6) is 0 Å². The first-order valence-corrected chi connectivity index (χ1v) is 3.72. The standard InChI is InChI=1S/C6H10ClNO/c7-3-2-6(9)8-4-1-5-8/h1-5H2. The largest absolute Gasteiger partial charge is 0.343 e. The van der Waals surface area contributed by atoms with E-state index in [1.54, 1.807) is 0 Å². The number of hydrogen-bond acceptors (Lipinski definition) is 1. The fourth-order valence-electron chi connectivity index (χ4n) is 0.805. The highest BCUT2D eigenvalue weighted by atomic mass is 35.5. The summed E-state index contributed by atoms with van der Waals surface area (Å²) in [7, 11) is 0. The molecule has 1 aliphatic heterocycles. The molecule has 2 nitrogen and oxygen atoms in total. The second-order valence-corrected chi connectivity index (χ2v) is 2.55. The molecule has 0 aromatic heterocycles. The minimum atomic E-state index is 0.205.